The van der Waals surface area contributed by atoms with Gasteiger partial charge in [0.2, 0.25) is 5.16 Å². The van der Waals surface area contributed by atoms with Crippen molar-refractivity contribution in [2.24, 2.45) is 0 Å². The van der Waals surface area contributed by atoms with Gasteiger partial charge in [0, 0.05) is 9.85 Å². The second-order valence-electron chi connectivity index (χ2n) is 4.13. The van der Waals surface area contributed by atoms with E-state index >= 15 is 0 Å². The number of aromatic nitrogens is 5. The largest absolute Gasteiger partial charge is 0.481 e. The lowest BCUT2D eigenvalue weighted by Crippen LogP contribution is -2.00. The van der Waals surface area contributed by atoms with Crippen LogP contribution in [0.4, 0.5) is 0 Å². The molecule has 0 atom stereocenters. The molecule has 0 aliphatic rings. The average molecular weight is 398 g/mol. The van der Waals surface area contributed by atoms with E-state index in [0.29, 0.717) is 15.2 Å². The summed E-state index contributed by atoms with van der Waals surface area (Å²) in [6.07, 6.45) is -0.0886. The second kappa shape index (κ2) is 6.55. The van der Waals surface area contributed by atoms with Crippen molar-refractivity contribution in [1.82, 2.24) is 25.2 Å². The molecule has 0 saturated heterocycles. The quantitative estimate of drug-likeness (QED) is 0.706. The van der Waals surface area contributed by atoms with Crippen molar-refractivity contribution in [1.29, 1.82) is 0 Å². The van der Waals surface area contributed by atoms with E-state index in [0.717, 1.165) is 10.2 Å². The van der Waals surface area contributed by atoms with Crippen LogP contribution in [0.15, 0.2) is 43.6 Å². The zero-order valence-corrected chi connectivity index (χ0v) is 14.1. The maximum absolute atomic E-state index is 10.7. The van der Waals surface area contributed by atoms with Crippen LogP contribution in [0.1, 0.15) is 5.69 Å². The number of carboxylic acid groups (broad SMARTS) is 1. The summed E-state index contributed by atoms with van der Waals surface area (Å²) in [5, 5.41) is 22.7. The number of hydrogen-bond acceptors (Lipinski definition) is 7. The van der Waals surface area contributed by atoms with Crippen LogP contribution in [0.3, 0.4) is 0 Å². The molecule has 0 amide bonds. The molecule has 0 aliphatic heterocycles. The third kappa shape index (κ3) is 3.51. The van der Waals surface area contributed by atoms with E-state index in [1.54, 1.807) is 10.1 Å². The summed E-state index contributed by atoms with van der Waals surface area (Å²) in [6, 6.07) is 7.59. The Bertz CT molecular complexity index is 802. The Morgan fingerprint density at radius 1 is 1.36 bits per heavy atom. The van der Waals surface area contributed by atoms with Gasteiger partial charge in [0.25, 0.3) is 0 Å². The molecular formula is C12H8BrN5O2S2. The summed E-state index contributed by atoms with van der Waals surface area (Å²) in [6.45, 7) is 0. The fraction of sp³-hybridized carbons (Fsp3) is 0.0833. The normalized spacial score (nSPS) is 10.8. The van der Waals surface area contributed by atoms with Crippen LogP contribution >= 0.6 is 39.0 Å². The summed E-state index contributed by atoms with van der Waals surface area (Å²) in [5.74, 6) is -0.901. The van der Waals surface area contributed by atoms with Gasteiger partial charge < -0.3 is 5.11 Å². The number of halogens is 1. The first kappa shape index (κ1) is 15.1. The monoisotopic (exact) mass is 397 g/mol. The van der Waals surface area contributed by atoms with E-state index in [1.807, 2.05) is 24.3 Å². The summed E-state index contributed by atoms with van der Waals surface area (Å²) >= 11 is 6.05. The summed E-state index contributed by atoms with van der Waals surface area (Å²) in [5.41, 5.74) is 1.36. The molecule has 3 rings (SSSR count). The lowest BCUT2D eigenvalue weighted by atomic mass is 10.3. The van der Waals surface area contributed by atoms with Gasteiger partial charge in [-0.3, -0.25) is 4.79 Å². The predicted molar refractivity (Wildman–Crippen MR) is 84.4 cm³/mol. The minimum absolute atomic E-state index is 0.0886. The average Bonchev–Trinajstić information content (AvgIpc) is 3.09. The van der Waals surface area contributed by atoms with Gasteiger partial charge in [-0.25, -0.2) is 4.98 Å². The molecular weight excluding hydrogens is 390 g/mol. The van der Waals surface area contributed by atoms with Gasteiger partial charge in [0.15, 0.2) is 4.34 Å². The number of hydrogen-bond donors (Lipinski definition) is 1. The van der Waals surface area contributed by atoms with Crippen molar-refractivity contribution in [3.8, 4) is 5.69 Å². The second-order valence-corrected chi connectivity index (χ2v) is 7.12. The Kier molecular flexibility index (Phi) is 4.50. The van der Waals surface area contributed by atoms with E-state index in [2.05, 4.69) is 36.4 Å². The Labute approximate surface area is 141 Å². The maximum Gasteiger partial charge on any atom is 0.309 e. The van der Waals surface area contributed by atoms with Crippen LogP contribution in [0, 0.1) is 0 Å². The molecule has 0 radical (unpaired) electrons. The number of thiazole rings is 1. The standard InChI is InChI=1S/C12H8BrN5O2S2/c13-7-1-3-9(4-2-7)18-11(15-16-17-18)22-12-14-8(6-21-12)5-10(19)20/h1-4,6H,5H2,(H,19,20). The van der Waals surface area contributed by atoms with Crippen molar-refractivity contribution in [3.05, 3.63) is 39.8 Å². The first-order valence-electron chi connectivity index (χ1n) is 6.00. The Morgan fingerprint density at radius 2 is 2.14 bits per heavy atom. The van der Waals surface area contributed by atoms with E-state index in [9.17, 15) is 4.79 Å². The SMILES string of the molecule is O=C(O)Cc1csc(Sc2nnnn2-c2ccc(Br)cc2)n1. The van der Waals surface area contributed by atoms with E-state index in [4.69, 9.17) is 5.11 Å². The van der Waals surface area contributed by atoms with Crippen molar-refractivity contribution in [2.45, 2.75) is 15.9 Å². The van der Waals surface area contributed by atoms with Gasteiger partial charge in [0.05, 0.1) is 17.8 Å². The minimum Gasteiger partial charge on any atom is -0.481 e. The topological polar surface area (TPSA) is 93.8 Å². The highest BCUT2D eigenvalue weighted by Crippen LogP contribution is 2.30. The van der Waals surface area contributed by atoms with Gasteiger partial charge >= 0.3 is 5.97 Å². The fourth-order valence-corrected chi connectivity index (χ4v) is 3.63. The molecule has 0 saturated carbocycles. The molecule has 10 heteroatoms. The molecule has 3 aromatic rings. The van der Waals surface area contributed by atoms with Gasteiger partial charge in [0.1, 0.15) is 0 Å². The molecule has 0 bridgehead atoms. The smallest absolute Gasteiger partial charge is 0.309 e. The lowest BCUT2D eigenvalue weighted by molar-refractivity contribution is -0.136. The number of tetrazole rings is 1. The van der Waals surface area contributed by atoms with E-state index in [-0.39, 0.29) is 6.42 Å². The van der Waals surface area contributed by atoms with Gasteiger partial charge in [-0.1, -0.05) is 15.9 Å². The van der Waals surface area contributed by atoms with Gasteiger partial charge in [-0.15, -0.1) is 16.4 Å². The van der Waals surface area contributed by atoms with Crippen LogP contribution in [-0.4, -0.2) is 36.3 Å². The number of carbonyl (C=O) groups is 1. The van der Waals surface area contributed by atoms with Crippen LogP contribution < -0.4 is 0 Å². The van der Waals surface area contributed by atoms with Crippen molar-refractivity contribution in [2.75, 3.05) is 0 Å². The molecule has 112 valence electrons. The first-order valence-corrected chi connectivity index (χ1v) is 8.49. The molecule has 0 spiro atoms. The highest BCUT2D eigenvalue weighted by molar-refractivity contribution is 9.10. The highest BCUT2D eigenvalue weighted by Gasteiger charge is 2.13. The third-order valence-corrected chi connectivity index (χ3v) is 5.01. The molecule has 0 aliphatic carbocycles. The lowest BCUT2D eigenvalue weighted by Gasteiger charge is -2.02. The van der Waals surface area contributed by atoms with E-state index in [1.165, 1.54) is 23.1 Å². The summed E-state index contributed by atoms with van der Waals surface area (Å²) in [7, 11) is 0. The molecule has 2 heterocycles. The molecule has 0 unspecified atom stereocenters. The summed E-state index contributed by atoms with van der Waals surface area (Å²) < 4.78 is 3.27. The number of benzene rings is 1. The van der Waals surface area contributed by atoms with Crippen LogP contribution in [0.2, 0.25) is 0 Å². The highest BCUT2D eigenvalue weighted by atomic mass is 79.9. The van der Waals surface area contributed by atoms with E-state index < -0.39 is 5.97 Å². The van der Waals surface area contributed by atoms with Gasteiger partial charge in [-0.2, -0.15) is 4.68 Å². The molecule has 22 heavy (non-hydrogen) atoms. The number of nitrogens with zero attached hydrogens (tertiary/aromatic N) is 5. The van der Waals surface area contributed by atoms with Crippen molar-refractivity contribution in [3.63, 3.8) is 0 Å². The Hall–Kier alpha value is -1.78. The molecule has 7 nitrogen and oxygen atoms in total. The fourth-order valence-electron chi connectivity index (χ4n) is 1.64. The first-order chi connectivity index (χ1) is 10.6. The molecule has 1 aromatic carbocycles. The number of aliphatic carboxylic acids is 1. The molecule has 2 aromatic heterocycles. The summed E-state index contributed by atoms with van der Waals surface area (Å²) in [4.78, 5) is 14.9. The number of carboxylic acids is 1. The molecule has 0 fully saturated rings. The third-order valence-electron chi connectivity index (χ3n) is 2.55. The Morgan fingerprint density at radius 3 is 2.86 bits per heavy atom. The minimum atomic E-state index is -0.901. The van der Waals surface area contributed by atoms with Crippen molar-refractivity contribution < 1.29 is 9.90 Å². The predicted octanol–water partition coefficient (Wildman–Crippen LogP) is 2.66. The van der Waals surface area contributed by atoms with Crippen LogP contribution in [0.25, 0.3) is 5.69 Å². The van der Waals surface area contributed by atoms with Crippen LogP contribution in [-0.2, 0) is 11.2 Å². The van der Waals surface area contributed by atoms with Crippen LogP contribution in [0.5, 0.6) is 0 Å². The molecule has 1 N–H and O–H groups in total. The zero-order chi connectivity index (χ0) is 15.5. The van der Waals surface area contributed by atoms with Gasteiger partial charge in [-0.05, 0) is 46.5 Å². The van der Waals surface area contributed by atoms with Crippen molar-refractivity contribution >= 4 is 45.0 Å². The zero-order valence-electron chi connectivity index (χ0n) is 10.9. The maximum atomic E-state index is 10.7. The number of rotatable bonds is 5. The Balaban J connectivity index is 1.82.